The lowest BCUT2D eigenvalue weighted by Crippen LogP contribution is -2.54. The van der Waals surface area contributed by atoms with Crippen LogP contribution in [0.2, 0.25) is 0 Å². The van der Waals surface area contributed by atoms with Gasteiger partial charge in [-0.05, 0) is 33.6 Å². The highest BCUT2D eigenvalue weighted by molar-refractivity contribution is 5.74. The highest BCUT2D eigenvalue weighted by atomic mass is 16.6. The third-order valence-electron chi connectivity index (χ3n) is 2.65. The summed E-state index contributed by atoms with van der Waals surface area (Å²) in [5.74, 6) is 5.23. The van der Waals surface area contributed by atoms with Gasteiger partial charge in [0.05, 0.1) is 19.1 Å². The van der Waals surface area contributed by atoms with Crippen LogP contribution < -0.4 is 5.84 Å². The topological polar surface area (TPSA) is 81.9 Å². The van der Waals surface area contributed by atoms with Crippen LogP contribution in [-0.4, -0.2) is 35.8 Å². The van der Waals surface area contributed by atoms with Crippen LogP contribution in [0.5, 0.6) is 0 Å². The second-order valence-corrected chi connectivity index (χ2v) is 5.23. The second kappa shape index (κ2) is 4.91. The number of rotatable bonds is 2. The number of carbonyl (C=O) groups excluding carboxylic acids is 2. The van der Waals surface area contributed by atoms with Crippen LogP contribution in [-0.2, 0) is 14.3 Å². The van der Waals surface area contributed by atoms with E-state index in [4.69, 9.17) is 10.6 Å². The molecule has 1 fully saturated rings. The van der Waals surface area contributed by atoms with E-state index in [1.165, 1.54) is 7.11 Å². The fourth-order valence-electron chi connectivity index (χ4n) is 1.64. The Kier molecular flexibility index (Phi) is 3.98. The van der Waals surface area contributed by atoms with Gasteiger partial charge in [0.15, 0.2) is 0 Å². The number of nitrogens with two attached hydrogens (primary N) is 1. The number of ether oxygens (including phenoxy) is 2. The van der Waals surface area contributed by atoms with Crippen molar-refractivity contribution in [1.82, 2.24) is 5.01 Å². The zero-order chi connectivity index (χ0) is 13.2. The van der Waals surface area contributed by atoms with Gasteiger partial charge in [-0.2, -0.15) is 0 Å². The molecule has 0 aromatic carbocycles. The Balaban J connectivity index is 2.39. The summed E-state index contributed by atoms with van der Waals surface area (Å²) in [6.45, 7) is 5.32. The van der Waals surface area contributed by atoms with Gasteiger partial charge in [-0.25, -0.2) is 15.6 Å². The average Bonchev–Trinajstić information content (AvgIpc) is 2.12. The van der Waals surface area contributed by atoms with Gasteiger partial charge in [0.2, 0.25) is 0 Å². The first kappa shape index (κ1) is 13.8. The molecular formula is C11H20N2O4. The zero-order valence-electron chi connectivity index (χ0n) is 10.7. The summed E-state index contributed by atoms with van der Waals surface area (Å²) in [4.78, 5) is 22.8. The van der Waals surface area contributed by atoms with Crippen molar-refractivity contribution in [3.63, 3.8) is 0 Å². The Morgan fingerprint density at radius 1 is 1.29 bits per heavy atom. The largest absolute Gasteiger partial charge is 0.469 e. The van der Waals surface area contributed by atoms with Crippen LogP contribution in [0.15, 0.2) is 0 Å². The van der Waals surface area contributed by atoms with Crippen molar-refractivity contribution in [2.24, 2.45) is 11.8 Å². The fourth-order valence-corrected chi connectivity index (χ4v) is 1.64. The Bertz CT molecular complexity index is 305. The van der Waals surface area contributed by atoms with Crippen LogP contribution >= 0.6 is 0 Å². The van der Waals surface area contributed by atoms with E-state index in [1.54, 1.807) is 20.8 Å². The molecule has 0 unspecified atom stereocenters. The molecule has 98 valence electrons. The molecular weight excluding hydrogens is 224 g/mol. The van der Waals surface area contributed by atoms with Crippen LogP contribution in [0.1, 0.15) is 33.6 Å². The third-order valence-corrected chi connectivity index (χ3v) is 2.65. The Labute approximate surface area is 101 Å². The van der Waals surface area contributed by atoms with Crippen molar-refractivity contribution in [3.8, 4) is 0 Å². The lowest BCUT2D eigenvalue weighted by molar-refractivity contribution is -0.150. The van der Waals surface area contributed by atoms with Gasteiger partial charge < -0.3 is 9.47 Å². The molecule has 1 saturated carbocycles. The average molecular weight is 244 g/mol. The van der Waals surface area contributed by atoms with E-state index in [1.807, 2.05) is 0 Å². The highest BCUT2D eigenvalue weighted by Gasteiger charge is 2.40. The van der Waals surface area contributed by atoms with E-state index >= 15 is 0 Å². The van der Waals surface area contributed by atoms with Crippen LogP contribution in [0.4, 0.5) is 4.79 Å². The third kappa shape index (κ3) is 3.59. The number of nitrogens with zero attached hydrogens (tertiary/aromatic N) is 1. The first-order valence-electron chi connectivity index (χ1n) is 5.59. The maximum Gasteiger partial charge on any atom is 0.424 e. The van der Waals surface area contributed by atoms with Gasteiger partial charge in [-0.15, -0.1) is 0 Å². The van der Waals surface area contributed by atoms with Gasteiger partial charge in [0.1, 0.15) is 5.60 Å². The second-order valence-electron chi connectivity index (χ2n) is 5.23. The first-order valence-corrected chi connectivity index (χ1v) is 5.59. The van der Waals surface area contributed by atoms with Crippen molar-refractivity contribution in [2.45, 2.75) is 45.3 Å². The summed E-state index contributed by atoms with van der Waals surface area (Å²) in [6, 6.07) is -0.144. The molecule has 0 bridgehead atoms. The monoisotopic (exact) mass is 244 g/mol. The number of methoxy groups -OCH3 is 1. The molecule has 1 aliphatic carbocycles. The standard InChI is InChI=1S/C11H20N2O4/c1-11(2,3)17-10(15)13(12)8-5-7(6-8)9(14)16-4/h7-8H,5-6,12H2,1-4H3. The number of hydrazine groups is 1. The summed E-state index contributed by atoms with van der Waals surface area (Å²) in [5.41, 5.74) is -0.569. The molecule has 1 rings (SSSR count). The van der Waals surface area contributed by atoms with E-state index in [0.29, 0.717) is 12.8 Å². The fraction of sp³-hybridized carbons (Fsp3) is 0.818. The number of hydrogen-bond donors (Lipinski definition) is 1. The predicted molar refractivity (Wildman–Crippen MR) is 60.8 cm³/mol. The smallest absolute Gasteiger partial charge is 0.424 e. The predicted octanol–water partition coefficient (Wildman–Crippen LogP) is 1.05. The molecule has 0 saturated heterocycles. The van der Waals surface area contributed by atoms with Gasteiger partial charge in [-0.1, -0.05) is 0 Å². The Morgan fingerprint density at radius 3 is 2.24 bits per heavy atom. The first-order chi connectivity index (χ1) is 7.74. The minimum absolute atomic E-state index is 0.144. The molecule has 0 aromatic heterocycles. The normalized spacial score (nSPS) is 23.6. The minimum Gasteiger partial charge on any atom is -0.469 e. The highest BCUT2D eigenvalue weighted by Crippen LogP contribution is 2.31. The van der Waals surface area contributed by atoms with E-state index in [2.05, 4.69) is 4.74 Å². The molecule has 6 nitrogen and oxygen atoms in total. The lowest BCUT2D eigenvalue weighted by atomic mass is 9.80. The Morgan fingerprint density at radius 2 is 1.82 bits per heavy atom. The summed E-state index contributed by atoms with van der Waals surface area (Å²) < 4.78 is 9.73. The van der Waals surface area contributed by atoms with Crippen LogP contribution in [0.3, 0.4) is 0 Å². The molecule has 0 radical (unpaired) electrons. The minimum atomic E-state index is -0.569. The van der Waals surface area contributed by atoms with Gasteiger partial charge in [-0.3, -0.25) is 4.79 Å². The quantitative estimate of drug-likeness (QED) is 0.340. The molecule has 0 aliphatic heterocycles. The van der Waals surface area contributed by atoms with Gasteiger partial charge >= 0.3 is 12.1 Å². The van der Waals surface area contributed by atoms with Crippen molar-refractivity contribution >= 4 is 12.1 Å². The Hall–Kier alpha value is -1.30. The van der Waals surface area contributed by atoms with Crippen LogP contribution in [0.25, 0.3) is 0 Å². The van der Waals surface area contributed by atoms with Crippen molar-refractivity contribution in [1.29, 1.82) is 0 Å². The summed E-state index contributed by atoms with van der Waals surface area (Å²) in [5, 5.41) is 1.06. The van der Waals surface area contributed by atoms with Crippen molar-refractivity contribution < 1.29 is 19.1 Å². The number of carbonyl (C=O) groups is 2. The molecule has 2 N–H and O–H groups in total. The molecule has 1 amide bonds. The molecule has 0 aromatic rings. The zero-order valence-corrected chi connectivity index (χ0v) is 10.7. The summed E-state index contributed by atoms with van der Waals surface area (Å²) >= 11 is 0. The maximum atomic E-state index is 11.6. The van der Waals surface area contributed by atoms with E-state index < -0.39 is 11.7 Å². The van der Waals surface area contributed by atoms with Crippen molar-refractivity contribution in [3.05, 3.63) is 0 Å². The van der Waals surface area contributed by atoms with Gasteiger partial charge in [0.25, 0.3) is 0 Å². The van der Waals surface area contributed by atoms with E-state index in [9.17, 15) is 9.59 Å². The molecule has 0 heterocycles. The number of hydrogen-bond acceptors (Lipinski definition) is 5. The summed E-state index contributed by atoms with van der Waals surface area (Å²) in [6.07, 6.45) is 0.496. The maximum absolute atomic E-state index is 11.6. The molecule has 1 aliphatic rings. The molecule has 0 atom stereocenters. The van der Waals surface area contributed by atoms with E-state index in [-0.39, 0.29) is 17.9 Å². The SMILES string of the molecule is COC(=O)C1CC(N(N)C(=O)OC(C)(C)C)C1. The molecule has 17 heavy (non-hydrogen) atoms. The number of esters is 1. The summed E-state index contributed by atoms with van der Waals surface area (Å²) in [7, 11) is 1.35. The van der Waals surface area contributed by atoms with Gasteiger partial charge in [0, 0.05) is 0 Å². The molecule has 0 spiro atoms. The molecule has 6 heteroatoms. The number of amides is 1. The lowest BCUT2D eigenvalue weighted by Gasteiger charge is -2.39. The van der Waals surface area contributed by atoms with E-state index in [0.717, 1.165) is 5.01 Å². The van der Waals surface area contributed by atoms with Crippen molar-refractivity contribution in [2.75, 3.05) is 7.11 Å². The van der Waals surface area contributed by atoms with Crippen LogP contribution in [0, 0.1) is 5.92 Å².